The molecular weight excluding hydrogens is 268 g/mol. The summed E-state index contributed by atoms with van der Waals surface area (Å²) in [6.07, 6.45) is 6.89. The first-order chi connectivity index (χ1) is 9.97. The summed E-state index contributed by atoms with van der Waals surface area (Å²) in [5.74, 6) is 0.0191. The Labute approximate surface area is 127 Å². The van der Waals surface area contributed by atoms with E-state index in [-0.39, 0.29) is 24.4 Å². The van der Waals surface area contributed by atoms with Gasteiger partial charge in [0, 0.05) is 12.6 Å². The highest BCUT2D eigenvalue weighted by molar-refractivity contribution is 5.85. The first-order valence-corrected chi connectivity index (χ1v) is 8.24. The Bertz CT molecular complexity index is 384. The van der Waals surface area contributed by atoms with Gasteiger partial charge in [-0.1, -0.05) is 26.7 Å². The Morgan fingerprint density at radius 1 is 1.19 bits per heavy atom. The summed E-state index contributed by atoms with van der Waals surface area (Å²) in [7, 11) is 0. The largest absolute Gasteiger partial charge is 0.480 e. The van der Waals surface area contributed by atoms with Gasteiger partial charge in [-0.25, -0.2) is 0 Å². The van der Waals surface area contributed by atoms with Crippen molar-refractivity contribution in [3.05, 3.63) is 0 Å². The van der Waals surface area contributed by atoms with Gasteiger partial charge in [0.15, 0.2) is 0 Å². The van der Waals surface area contributed by atoms with Crippen molar-refractivity contribution in [1.29, 1.82) is 0 Å². The van der Waals surface area contributed by atoms with Crippen molar-refractivity contribution < 1.29 is 14.7 Å². The van der Waals surface area contributed by atoms with Crippen LogP contribution >= 0.6 is 0 Å². The zero-order chi connectivity index (χ0) is 15.4. The Kier molecular flexibility index (Phi) is 5.62. The highest BCUT2D eigenvalue weighted by Gasteiger charge is 2.36. The van der Waals surface area contributed by atoms with E-state index in [4.69, 9.17) is 5.11 Å². The van der Waals surface area contributed by atoms with Crippen molar-refractivity contribution in [1.82, 2.24) is 10.2 Å². The second kappa shape index (κ2) is 7.25. The van der Waals surface area contributed by atoms with Crippen LogP contribution in [0.4, 0.5) is 0 Å². The smallest absolute Gasteiger partial charge is 0.323 e. The molecule has 0 bridgehead atoms. The molecule has 2 aliphatic rings. The molecule has 5 nitrogen and oxygen atoms in total. The summed E-state index contributed by atoms with van der Waals surface area (Å²) in [5, 5.41) is 12.5. The van der Waals surface area contributed by atoms with Crippen molar-refractivity contribution in [3.8, 4) is 0 Å². The lowest BCUT2D eigenvalue weighted by molar-refractivity contribution is -0.146. The minimum Gasteiger partial charge on any atom is -0.480 e. The van der Waals surface area contributed by atoms with E-state index in [2.05, 4.69) is 5.32 Å². The van der Waals surface area contributed by atoms with E-state index in [1.165, 1.54) is 24.2 Å². The molecule has 21 heavy (non-hydrogen) atoms. The maximum absolute atomic E-state index is 12.6. The van der Waals surface area contributed by atoms with Crippen molar-refractivity contribution in [2.45, 2.75) is 64.5 Å². The number of amides is 1. The number of nitrogens with zero attached hydrogens (tertiary/aromatic N) is 1. The fourth-order valence-corrected chi connectivity index (χ4v) is 3.75. The molecule has 5 heteroatoms. The van der Waals surface area contributed by atoms with Gasteiger partial charge in [0.25, 0.3) is 0 Å². The molecule has 0 spiro atoms. The summed E-state index contributed by atoms with van der Waals surface area (Å²) in [5.41, 5.74) is 0. The van der Waals surface area contributed by atoms with Crippen LogP contribution in [0.3, 0.4) is 0 Å². The minimum atomic E-state index is -0.935. The normalized spacial score (nSPS) is 29.0. The van der Waals surface area contributed by atoms with Gasteiger partial charge in [0.05, 0.1) is 6.04 Å². The van der Waals surface area contributed by atoms with Crippen LogP contribution in [-0.4, -0.2) is 47.1 Å². The molecule has 0 aromatic heterocycles. The van der Waals surface area contributed by atoms with Crippen LogP contribution in [0.2, 0.25) is 0 Å². The van der Waals surface area contributed by atoms with E-state index >= 15 is 0 Å². The van der Waals surface area contributed by atoms with E-state index in [9.17, 15) is 9.59 Å². The maximum atomic E-state index is 12.6. The van der Waals surface area contributed by atoms with Crippen LogP contribution < -0.4 is 5.32 Å². The summed E-state index contributed by atoms with van der Waals surface area (Å²) >= 11 is 0. The van der Waals surface area contributed by atoms with Gasteiger partial charge in [0.2, 0.25) is 5.91 Å². The van der Waals surface area contributed by atoms with E-state index in [1.54, 1.807) is 0 Å². The molecule has 2 rings (SSSR count). The number of piperidine rings is 1. The molecule has 2 N–H and O–H groups in total. The number of carbonyl (C=O) groups excluding carboxylic acids is 1. The monoisotopic (exact) mass is 296 g/mol. The molecule has 0 aromatic rings. The fourth-order valence-electron chi connectivity index (χ4n) is 3.75. The molecule has 120 valence electrons. The number of fused-ring (bicyclic) bond motifs is 1. The molecule has 0 radical (unpaired) electrons. The average Bonchev–Trinajstić information content (AvgIpc) is 2.44. The third-order valence-corrected chi connectivity index (χ3v) is 4.67. The highest BCUT2D eigenvalue weighted by Crippen LogP contribution is 2.32. The number of nitrogens with one attached hydrogen (secondary N) is 1. The second-order valence-electron chi connectivity index (χ2n) is 6.95. The number of carbonyl (C=O) groups is 2. The van der Waals surface area contributed by atoms with Gasteiger partial charge in [-0.05, 0) is 37.5 Å². The van der Waals surface area contributed by atoms with E-state index in [1.807, 2.05) is 13.8 Å². The van der Waals surface area contributed by atoms with Gasteiger partial charge >= 0.3 is 5.97 Å². The first kappa shape index (κ1) is 16.3. The van der Waals surface area contributed by atoms with E-state index in [0.29, 0.717) is 18.5 Å². The van der Waals surface area contributed by atoms with Crippen molar-refractivity contribution in [2.24, 2.45) is 11.8 Å². The predicted molar refractivity (Wildman–Crippen MR) is 81.0 cm³/mol. The van der Waals surface area contributed by atoms with Crippen LogP contribution in [0, 0.1) is 11.8 Å². The van der Waals surface area contributed by atoms with Crippen LogP contribution in [0.25, 0.3) is 0 Å². The van der Waals surface area contributed by atoms with Crippen molar-refractivity contribution >= 4 is 11.9 Å². The number of carboxylic acid groups (broad SMARTS) is 1. The Morgan fingerprint density at radius 3 is 2.57 bits per heavy atom. The maximum Gasteiger partial charge on any atom is 0.323 e. The summed E-state index contributed by atoms with van der Waals surface area (Å²) in [6, 6.07) is 0.259. The van der Waals surface area contributed by atoms with Gasteiger partial charge in [0.1, 0.15) is 6.54 Å². The fraction of sp³-hybridized carbons (Fsp3) is 0.875. The van der Waals surface area contributed by atoms with Crippen LogP contribution in [0.15, 0.2) is 0 Å². The Morgan fingerprint density at radius 2 is 1.90 bits per heavy atom. The predicted octanol–water partition coefficient (Wildman–Crippen LogP) is 1.87. The second-order valence-corrected chi connectivity index (χ2v) is 6.95. The number of hydrogen-bond acceptors (Lipinski definition) is 3. The molecule has 3 unspecified atom stereocenters. The summed E-state index contributed by atoms with van der Waals surface area (Å²) in [6.45, 7) is 4.34. The molecule has 1 aliphatic carbocycles. The topological polar surface area (TPSA) is 69.6 Å². The third kappa shape index (κ3) is 4.43. The van der Waals surface area contributed by atoms with E-state index < -0.39 is 5.97 Å². The summed E-state index contributed by atoms with van der Waals surface area (Å²) in [4.78, 5) is 25.1. The van der Waals surface area contributed by atoms with Crippen LogP contribution in [0.1, 0.15) is 52.4 Å². The lowest BCUT2D eigenvalue weighted by Crippen LogP contribution is -2.56. The van der Waals surface area contributed by atoms with Gasteiger partial charge in [-0.3, -0.25) is 9.59 Å². The average molecular weight is 296 g/mol. The number of aliphatic carboxylic acids is 1. The van der Waals surface area contributed by atoms with Crippen molar-refractivity contribution in [3.63, 3.8) is 0 Å². The van der Waals surface area contributed by atoms with Crippen LogP contribution in [0.5, 0.6) is 0 Å². The third-order valence-electron chi connectivity index (χ3n) is 4.67. The zero-order valence-corrected chi connectivity index (χ0v) is 13.2. The molecule has 1 aliphatic heterocycles. The van der Waals surface area contributed by atoms with E-state index in [0.717, 1.165) is 19.3 Å². The SMILES string of the molecule is CC(C)CN(CC(=O)O)C(=O)C1CCC2CCCCC2N1. The highest BCUT2D eigenvalue weighted by atomic mass is 16.4. The van der Waals surface area contributed by atoms with Gasteiger partial charge in [-0.15, -0.1) is 0 Å². The number of carboxylic acids is 1. The van der Waals surface area contributed by atoms with Crippen LogP contribution in [-0.2, 0) is 9.59 Å². The molecule has 1 heterocycles. The molecule has 3 atom stereocenters. The lowest BCUT2D eigenvalue weighted by Gasteiger charge is -2.41. The van der Waals surface area contributed by atoms with Gasteiger partial charge < -0.3 is 15.3 Å². The standard InChI is InChI=1S/C16H28N2O3/c1-11(2)9-18(10-15(19)20)16(21)14-8-7-12-5-3-4-6-13(12)17-14/h11-14,17H,3-10H2,1-2H3,(H,19,20). The number of rotatable bonds is 5. The number of hydrogen-bond donors (Lipinski definition) is 2. The quantitative estimate of drug-likeness (QED) is 0.812. The lowest BCUT2D eigenvalue weighted by atomic mass is 9.77. The van der Waals surface area contributed by atoms with Gasteiger partial charge in [-0.2, -0.15) is 0 Å². The van der Waals surface area contributed by atoms with Crippen molar-refractivity contribution in [2.75, 3.05) is 13.1 Å². The molecule has 2 fully saturated rings. The minimum absolute atomic E-state index is 0.0323. The first-order valence-electron chi connectivity index (χ1n) is 8.24. The molecule has 1 amide bonds. The molecule has 0 aromatic carbocycles. The summed E-state index contributed by atoms with van der Waals surface area (Å²) < 4.78 is 0. The molecule has 1 saturated heterocycles. The Balaban J connectivity index is 1.97. The molecular formula is C16H28N2O3. The molecule has 1 saturated carbocycles. The Hall–Kier alpha value is -1.10. The zero-order valence-electron chi connectivity index (χ0n) is 13.2.